The van der Waals surface area contributed by atoms with Crippen molar-refractivity contribution in [3.8, 4) is 11.5 Å². The van der Waals surface area contributed by atoms with E-state index >= 15 is 0 Å². The molecule has 1 aliphatic rings. The molecule has 0 spiro atoms. The van der Waals surface area contributed by atoms with Gasteiger partial charge in [-0.05, 0) is 30.8 Å². The third-order valence-electron chi connectivity index (χ3n) is 4.05. The molecule has 1 aromatic rings. The van der Waals surface area contributed by atoms with Gasteiger partial charge in [0, 0.05) is 11.5 Å². The maximum atomic E-state index is 12.6. The summed E-state index contributed by atoms with van der Waals surface area (Å²) < 4.78 is 5.60. The summed E-state index contributed by atoms with van der Waals surface area (Å²) in [5.41, 5.74) is -2.57. The highest BCUT2D eigenvalue weighted by Gasteiger charge is 2.53. The molecule has 0 aromatic heterocycles. The molecular formula is C19H22ClNO7S. The lowest BCUT2D eigenvalue weighted by atomic mass is 9.92. The molecule has 0 bridgehead atoms. The van der Waals surface area contributed by atoms with Gasteiger partial charge in [-0.1, -0.05) is 38.4 Å². The molecule has 1 aromatic carbocycles. The number of phenolic OH excluding ortho intramolecular Hbond substituents is 1. The van der Waals surface area contributed by atoms with Crippen molar-refractivity contribution in [2.75, 3.05) is 0 Å². The van der Waals surface area contributed by atoms with Crippen molar-refractivity contribution in [2.45, 2.75) is 39.3 Å². The van der Waals surface area contributed by atoms with Gasteiger partial charge >= 0.3 is 5.97 Å². The van der Waals surface area contributed by atoms with E-state index < -0.39 is 45.6 Å². The quantitative estimate of drug-likeness (QED) is 0.201. The van der Waals surface area contributed by atoms with Crippen molar-refractivity contribution in [2.24, 2.45) is 11.3 Å². The number of hydrogen-bond acceptors (Lipinski definition) is 7. The summed E-state index contributed by atoms with van der Waals surface area (Å²) in [6.45, 7) is 6.33. The fourth-order valence-electron chi connectivity index (χ4n) is 2.45. The van der Waals surface area contributed by atoms with Gasteiger partial charge in [-0.2, -0.15) is 0 Å². The van der Waals surface area contributed by atoms with Crippen molar-refractivity contribution in [1.82, 2.24) is 4.90 Å². The molecule has 0 aliphatic carbocycles. The normalized spacial score (nSPS) is 21.2. The number of carboxylic acid groups (broad SMARTS) is 1. The third-order valence-corrected chi connectivity index (χ3v) is 5.77. The van der Waals surface area contributed by atoms with Crippen LogP contribution < -0.4 is 4.74 Å². The van der Waals surface area contributed by atoms with Crippen LogP contribution in [0.1, 0.15) is 27.7 Å². The van der Waals surface area contributed by atoms with Gasteiger partial charge in [0.2, 0.25) is 11.0 Å². The molecular weight excluding hydrogens is 422 g/mol. The minimum atomic E-state index is -1.53. The molecule has 29 heavy (non-hydrogen) atoms. The number of ether oxygens (including phenoxy) is 1. The Hall–Kier alpha value is -2.23. The number of aliphatic hydroxyl groups is 1. The lowest BCUT2D eigenvalue weighted by Gasteiger charge is -2.44. The van der Waals surface area contributed by atoms with Crippen LogP contribution in [0.5, 0.6) is 11.5 Å². The Morgan fingerprint density at radius 3 is 2.38 bits per heavy atom. The molecule has 2 rings (SSSR count). The highest BCUT2D eigenvalue weighted by molar-refractivity contribution is 8.16. The number of carbonyl (C=O) groups is 3. The van der Waals surface area contributed by atoms with Gasteiger partial charge in [-0.15, -0.1) is 0 Å². The number of aromatic hydroxyl groups is 1. The summed E-state index contributed by atoms with van der Waals surface area (Å²) in [5.74, 6) is -3.26. The first kappa shape index (κ1) is 23.1. The number of likely N-dealkylation sites (tertiary alicyclic amines) is 1. The minimum absolute atomic E-state index is 0.0686. The van der Waals surface area contributed by atoms with Gasteiger partial charge in [0.1, 0.15) is 17.0 Å². The predicted octanol–water partition coefficient (Wildman–Crippen LogP) is 2.73. The topological polar surface area (TPSA) is 124 Å². The van der Waals surface area contributed by atoms with Crippen LogP contribution in [0.15, 0.2) is 35.1 Å². The summed E-state index contributed by atoms with van der Waals surface area (Å²) in [4.78, 5) is 37.8. The predicted molar refractivity (Wildman–Crippen MR) is 107 cm³/mol. The van der Waals surface area contributed by atoms with Crippen molar-refractivity contribution in [1.29, 1.82) is 0 Å². The number of aliphatic hydroxyl groups excluding tert-OH is 1. The number of thioether (sulfide) groups is 1. The van der Waals surface area contributed by atoms with Gasteiger partial charge in [0.05, 0.1) is 12.0 Å². The molecule has 1 saturated heterocycles. The molecule has 10 heteroatoms. The Morgan fingerprint density at radius 2 is 1.93 bits per heavy atom. The zero-order chi connectivity index (χ0) is 22.1. The largest absolute Gasteiger partial charge is 0.508 e. The summed E-state index contributed by atoms with van der Waals surface area (Å²) >= 11 is 6.69. The summed E-state index contributed by atoms with van der Waals surface area (Å²) in [5, 5.41) is 28.3. The minimum Gasteiger partial charge on any atom is -0.508 e. The number of hydrogen-bond donors (Lipinski definition) is 3. The molecule has 1 amide bonds. The second-order valence-corrected chi connectivity index (χ2v) is 8.92. The number of phenols is 1. The number of carbonyl (C=O) groups excluding carboxylic acids is 2. The molecule has 0 radical (unpaired) electrons. The van der Waals surface area contributed by atoms with Crippen molar-refractivity contribution in [3.05, 3.63) is 35.1 Å². The lowest BCUT2D eigenvalue weighted by molar-refractivity contribution is -0.158. The molecule has 3 N–H and O–H groups in total. The van der Waals surface area contributed by atoms with E-state index in [9.17, 15) is 29.7 Å². The molecule has 0 unspecified atom stereocenters. The molecule has 0 saturated carbocycles. The van der Waals surface area contributed by atoms with Gasteiger partial charge in [-0.3, -0.25) is 14.5 Å². The summed E-state index contributed by atoms with van der Waals surface area (Å²) in [6.07, 6.45) is -1.07. The Kier molecular flexibility index (Phi) is 6.87. The average Bonchev–Trinajstić information content (AvgIpc) is 2.57. The number of halogens is 1. The Labute approximate surface area is 177 Å². The first-order valence-corrected chi connectivity index (χ1v) is 9.91. The maximum Gasteiger partial charge on any atom is 0.357 e. The van der Waals surface area contributed by atoms with Crippen LogP contribution in [-0.4, -0.2) is 48.8 Å². The average molecular weight is 444 g/mol. The first-order chi connectivity index (χ1) is 13.3. The van der Waals surface area contributed by atoms with Crippen LogP contribution in [0.4, 0.5) is 0 Å². The highest BCUT2D eigenvalue weighted by Crippen LogP contribution is 2.40. The van der Waals surface area contributed by atoms with E-state index in [1.54, 1.807) is 20.8 Å². The number of amides is 1. The van der Waals surface area contributed by atoms with E-state index in [0.29, 0.717) is 11.8 Å². The van der Waals surface area contributed by atoms with Crippen LogP contribution in [0.3, 0.4) is 0 Å². The molecule has 1 heterocycles. The van der Waals surface area contributed by atoms with Gasteiger partial charge in [0.25, 0.3) is 0 Å². The lowest BCUT2D eigenvalue weighted by Crippen LogP contribution is -2.62. The zero-order valence-electron chi connectivity index (χ0n) is 16.2. The standard InChI is InChI=1S/C19H22ClNO7S/c1-9(22)12-14(20)21(15(12)24)13(16(25)26)17(29-18(27)19(2,3)4)28-11-7-5-6-10(23)8-11/h5-9,12,14,22-23H,1-4H3,(H,25,26)/t9-,12-,14-/m1/s1. The number of alkyl halides is 1. The summed E-state index contributed by atoms with van der Waals surface area (Å²) in [7, 11) is 0. The van der Waals surface area contributed by atoms with E-state index in [4.69, 9.17) is 16.3 Å². The molecule has 8 nitrogen and oxygen atoms in total. The first-order valence-electron chi connectivity index (χ1n) is 8.66. The van der Waals surface area contributed by atoms with Crippen LogP contribution in [0.2, 0.25) is 0 Å². The fourth-order valence-corrected chi connectivity index (χ4v) is 3.85. The smallest absolute Gasteiger partial charge is 0.357 e. The second-order valence-electron chi connectivity index (χ2n) is 7.53. The van der Waals surface area contributed by atoms with E-state index in [1.807, 2.05) is 0 Å². The summed E-state index contributed by atoms with van der Waals surface area (Å²) in [6, 6.07) is 5.55. The Morgan fingerprint density at radius 1 is 1.31 bits per heavy atom. The highest BCUT2D eigenvalue weighted by atomic mass is 35.5. The van der Waals surface area contributed by atoms with Crippen molar-refractivity contribution >= 4 is 40.4 Å². The number of rotatable bonds is 6. The number of aliphatic carboxylic acids is 1. The Bertz CT molecular complexity index is 862. The van der Waals surface area contributed by atoms with E-state index in [2.05, 4.69) is 0 Å². The maximum absolute atomic E-state index is 12.6. The van der Waals surface area contributed by atoms with Crippen LogP contribution in [-0.2, 0) is 14.4 Å². The van der Waals surface area contributed by atoms with Crippen LogP contribution in [0.25, 0.3) is 0 Å². The monoisotopic (exact) mass is 443 g/mol. The fraction of sp³-hybridized carbons (Fsp3) is 0.421. The van der Waals surface area contributed by atoms with E-state index in [-0.39, 0.29) is 16.6 Å². The second kappa shape index (κ2) is 8.64. The van der Waals surface area contributed by atoms with Gasteiger partial charge < -0.3 is 20.1 Å². The zero-order valence-corrected chi connectivity index (χ0v) is 17.8. The van der Waals surface area contributed by atoms with Crippen LogP contribution >= 0.6 is 23.4 Å². The number of benzene rings is 1. The van der Waals surface area contributed by atoms with Crippen LogP contribution in [0, 0.1) is 11.3 Å². The third kappa shape index (κ3) is 5.04. The SMILES string of the molecule is C[C@@H](O)[C@H]1C(=O)N(C(C(=O)O)=C(Oc2cccc(O)c2)SC(=O)C(C)(C)C)[C@H]1Cl. The van der Waals surface area contributed by atoms with Crippen molar-refractivity contribution < 1.29 is 34.4 Å². The van der Waals surface area contributed by atoms with Gasteiger partial charge in [0.15, 0.2) is 10.8 Å². The molecule has 1 aliphatic heterocycles. The number of nitrogens with zero attached hydrogens (tertiary/aromatic N) is 1. The number of carboxylic acids is 1. The molecule has 1 fully saturated rings. The molecule has 3 atom stereocenters. The van der Waals surface area contributed by atoms with Gasteiger partial charge in [-0.25, -0.2) is 4.79 Å². The van der Waals surface area contributed by atoms with E-state index in [0.717, 1.165) is 4.90 Å². The Balaban J connectivity index is 2.54. The molecule has 158 valence electrons. The number of β-lactam (4-membered cyclic amide) rings is 1. The van der Waals surface area contributed by atoms with Crippen molar-refractivity contribution in [3.63, 3.8) is 0 Å². The van der Waals surface area contributed by atoms with E-state index in [1.165, 1.54) is 31.2 Å².